The van der Waals surface area contributed by atoms with Crippen molar-refractivity contribution in [3.63, 3.8) is 0 Å². The fourth-order valence-electron chi connectivity index (χ4n) is 2.13. The molecular weight excluding hydrogens is 467 g/mol. The predicted molar refractivity (Wildman–Crippen MR) is 105 cm³/mol. The summed E-state index contributed by atoms with van der Waals surface area (Å²) in [5, 5.41) is 0.353. The van der Waals surface area contributed by atoms with E-state index in [0.717, 1.165) is 4.47 Å². The maximum atomic E-state index is 12.8. The van der Waals surface area contributed by atoms with Gasteiger partial charge in [0.15, 0.2) is 0 Å². The third-order valence-corrected chi connectivity index (χ3v) is 6.58. The van der Waals surface area contributed by atoms with Crippen molar-refractivity contribution in [1.82, 2.24) is 4.47 Å². The second kappa shape index (κ2) is 8.24. The molecule has 0 spiro atoms. The zero-order valence-electron chi connectivity index (χ0n) is 14.0. The van der Waals surface area contributed by atoms with Crippen molar-refractivity contribution in [2.24, 2.45) is 0 Å². The van der Waals surface area contributed by atoms with Gasteiger partial charge in [-0.05, 0) is 36.4 Å². The summed E-state index contributed by atoms with van der Waals surface area (Å²) in [5.41, 5.74) is 0.618. The highest BCUT2D eigenvalue weighted by Crippen LogP contribution is 2.30. The number of hydrogen-bond acceptors (Lipinski definition) is 4. The third kappa shape index (κ3) is 4.21. The van der Waals surface area contributed by atoms with Gasteiger partial charge in [0.05, 0.1) is 22.8 Å². The molecule has 6 nitrogen and oxygen atoms in total. The average Bonchev–Trinajstić information content (AvgIpc) is 2.60. The number of carbonyl (C=O) groups is 1. The predicted octanol–water partition coefficient (Wildman–Crippen LogP) is 4.21. The standard InChI is InChI=1S/C16H15BrCl2N2O4S/c1-20(14-7-5-11(17)9-13(14)19)16(22)10-4-6-12(18)15(8-10)26(23,24)21(2)25-3/h4-9H,1-3H3. The summed E-state index contributed by atoms with van der Waals surface area (Å²) in [6, 6.07) is 9.08. The highest BCUT2D eigenvalue weighted by Gasteiger charge is 2.26. The zero-order valence-corrected chi connectivity index (χ0v) is 17.9. The topological polar surface area (TPSA) is 66.9 Å². The molecule has 0 aliphatic carbocycles. The molecule has 140 valence electrons. The number of rotatable bonds is 5. The van der Waals surface area contributed by atoms with Crippen LogP contribution in [0.3, 0.4) is 0 Å². The van der Waals surface area contributed by atoms with Gasteiger partial charge in [-0.15, -0.1) is 0 Å². The smallest absolute Gasteiger partial charge is 0.266 e. The number of hydrogen-bond donors (Lipinski definition) is 0. The van der Waals surface area contributed by atoms with Gasteiger partial charge in [0.1, 0.15) is 4.90 Å². The average molecular weight is 482 g/mol. The van der Waals surface area contributed by atoms with Crippen molar-refractivity contribution < 1.29 is 18.0 Å². The molecule has 0 aromatic heterocycles. The van der Waals surface area contributed by atoms with Gasteiger partial charge in [-0.1, -0.05) is 43.6 Å². The van der Waals surface area contributed by atoms with E-state index in [1.165, 1.54) is 37.3 Å². The Morgan fingerprint density at radius 3 is 2.31 bits per heavy atom. The highest BCUT2D eigenvalue weighted by atomic mass is 79.9. The highest BCUT2D eigenvalue weighted by molar-refractivity contribution is 9.10. The number of benzene rings is 2. The lowest BCUT2D eigenvalue weighted by atomic mass is 10.2. The molecule has 0 saturated heterocycles. The van der Waals surface area contributed by atoms with E-state index in [-0.39, 0.29) is 15.5 Å². The number of anilines is 1. The fraction of sp³-hybridized carbons (Fsp3) is 0.188. The summed E-state index contributed by atoms with van der Waals surface area (Å²) in [6.45, 7) is 0. The van der Waals surface area contributed by atoms with Crippen molar-refractivity contribution in [3.8, 4) is 0 Å². The van der Waals surface area contributed by atoms with E-state index in [2.05, 4.69) is 15.9 Å². The molecule has 0 radical (unpaired) electrons. The Labute approximate surface area is 170 Å². The number of halogens is 3. The summed E-state index contributed by atoms with van der Waals surface area (Å²) in [4.78, 5) is 18.6. The van der Waals surface area contributed by atoms with Crippen LogP contribution in [0.4, 0.5) is 5.69 Å². The minimum absolute atomic E-state index is 0.0187. The third-order valence-electron chi connectivity index (χ3n) is 3.63. The molecule has 0 aliphatic rings. The number of carbonyl (C=O) groups excluding carboxylic acids is 1. The first-order valence-electron chi connectivity index (χ1n) is 7.15. The van der Waals surface area contributed by atoms with Crippen molar-refractivity contribution in [1.29, 1.82) is 0 Å². The Kier molecular flexibility index (Phi) is 6.70. The van der Waals surface area contributed by atoms with E-state index < -0.39 is 15.9 Å². The first-order valence-corrected chi connectivity index (χ1v) is 10.1. The first kappa shape index (κ1) is 21.1. The molecule has 0 heterocycles. The van der Waals surface area contributed by atoms with Crippen molar-refractivity contribution >= 4 is 60.7 Å². The van der Waals surface area contributed by atoms with E-state index in [1.54, 1.807) is 25.2 Å². The van der Waals surface area contributed by atoms with Crippen LogP contribution in [0.5, 0.6) is 0 Å². The Balaban J connectivity index is 2.46. The fourth-order valence-corrected chi connectivity index (χ4v) is 4.40. The van der Waals surface area contributed by atoms with Crippen LogP contribution in [0, 0.1) is 0 Å². The van der Waals surface area contributed by atoms with Crippen LogP contribution >= 0.6 is 39.1 Å². The van der Waals surface area contributed by atoms with Crippen LogP contribution in [-0.4, -0.2) is 40.0 Å². The number of hydroxylamine groups is 1. The summed E-state index contributed by atoms with van der Waals surface area (Å²) < 4.78 is 26.3. The van der Waals surface area contributed by atoms with Crippen molar-refractivity contribution in [2.75, 3.05) is 26.1 Å². The molecule has 0 fully saturated rings. The molecule has 10 heteroatoms. The van der Waals surface area contributed by atoms with Crippen molar-refractivity contribution in [2.45, 2.75) is 4.90 Å². The molecule has 0 unspecified atom stereocenters. The Morgan fingerprint density at radius 1 is 1.08 bits per heavy atom. The van der Waals surface area contributed by atoms with E-state index >= 15 is 0 Å². The van der Waals surface area contributed by atoms with Gasteiger partial charge in [0.25, 0.3) is 15.9 Å². The molecule has 0 bridgehead atoms. The molecule has 26 heavy (non-hydrogen) atoms. The second-order valence-corrected chi connectivity index (χ2v) is 8.84. The maximum absolute atomic E-state index is 12.8. The van der Waals surface area contributed by atoms with Crippen molar-refractivity contribution in [3.05, 3.63) is 56.5 Å². The lowest BCUT2D eigenvalue weighted by molar-refractivity contribution is -0.0258. The molecule has 2 aromatic carbocycles. The molecule has 0 atom stereocenters. The monoisotopic (exact) mass is 480 g/mol. The van der Waals surface area contributed by atoms with Crippen LogP contribution < -0.4 is 4.90 Å². The largest absolute Gasteiger partial charge is 0.310 e. The molecule has 2 aromatic rings. The summed E-state index contributed by atoms with van der Waals surface area (Å²) in [6.07, 6.45) is 0. The van der Waals surface area contributed by atoms with E-state index in [0.29, 0.717) is 15.2 Å². The molecule has 2 rings (SSSR count). The Bertz CT molecular complexity index is 953. The molecule has 0 aliphatic heterocycles. The molecular formula is C16H15BrCl2N2O4S. The van der Waals surface area contributed by atoms with Gasteiger partial charge in [-0.2, -0.15) is 0 Å². The number of amides is 1. The maximum Gasteiger partial charge on any atom is 0.266 e. The quantitative estimate of drug-likeness (QED) is 0.599. The minimum atomic E-state index is -4.00. The number of sulfonamides is 1. The SMILES string of the molecule is CON(C)S(=O)(=O)c1cc(C(=O)N(C)c2ccc(Br)cc2Cl)ccc1Cl. The van der Waals surface area contributed by atoms with Gasteiger partial charge in [-0.25, -0.2) is 8.42 Å². The van der Waals surface area contributed by atoms with E-state index in [1.807, 2.05) is 0 Å². The Hall–Kier alpha value is -1.16. The van der Waals surface area contributed by atoms with E-state index in [4.69, 9.17) is 28.0 Å². The Morgan fingerprint density at radius 2 is 1.73 bits per heavy atom. The first-order chi connectivity index (χ1) is 12.1. The van der Waals surface area contributed by atoms with Crippen LogP contribution in [-0.2, 0) is 14.9 Å². The summed E-state index contributed by atoms with van der Waals surface area (Å²) in [5.74, 6) is -0.442. The lowest BCUT2D eigenvalue weighted by Crippen LogP contribution is -2.28. The zero-order chi connectivity index (χ0) is 19.6. The summed E-state index contributed by atoms with van der Waals surface area (Å²) in [7, 11) is -0.0184. The van der Waals surface area contributed by atoms with Crippen LogP contribution in [0.1, 0.15) is 10.4 Å². The second-order valence-electron chi connectivity index (χ2n) is 5.20. The molecule has 1 amide bonds. The van der Waals surface area contributed by atoms with E-state index in [9.17, 15) is 13.2 Å². The van der Waals surface area contributed by atoms with Crippen LogP contribution in [0.25, 0.3) is 0 Å². The molecule has 0 saturated carbocycles. The number of nitrogens with zero attached hydrogens (tertiary/aromatic N) is 2. The van der Waals surface area contributed by atoms with Gasteiger partial charge in [0.2, 0.25) is 0 Å². The minimum Gasteiger partial charge on any atom is -0.310 e. The van der Waals surface area contributed by atoms with Gasteiger partial charge < -0.3 is 4.90 Å². The lowest BCUT2D eigenvalue weighted by Gasteiger charge is -2.20. The molecule has 0 N–H and O–H groups in total. The van der Waals surface area contributed by atoms with Crippen LogP contribution in [0.15, 0.2) is 45.8 Å². The van der Waals surface area contributed by atoms with Gasteiger partial charge in [0, 0.05) is 24.1 Å². The van der Waals surface area contributed by atoms with Gasteiger partial charge >= 0.3 is 0 Å². The normalized spacial score (nSPS) is 11.7. The van der Waals surface area contributed by atoms with Crippen LogP contribution in [0.2, 0.25) is 10.0 Å². The van der Waals surface area contributed by atoms with Gasteiger partial charge in [-0.3, -0.25) is 9.63 Å². The summed E-state index contributed by atoms with van der Waals surface area (Å²) >= 11 is 15.5.